The van der Waals surface area contributed by atoms with Crippen LogP contribution in [-0.4, -0.2) is 26.4 Å². The lowest BCUT2D eigenvalue weighted by molar-refractivity contribution is 0.352. The van der Waals surface area contributed by atoms with E-state index in [2.05, 4.69) is 21.0 Å². The molecule has 0 spiro atoms. The molecule has 4 rings (SSSR count). The number of benzene rings is 1. The number of hydrogen-bond acceptors (Lipinski definition) is 6. The molecule has 3 aromatic heterocycles. The first-order valence-electron chi connectivity index (χ1n) is 8.05. The first-order valence-corrected chi connectivity index (χ1v) is 9.19. The van der Waals surface area contributed by atoms with Gasteiger partial charge in [-0.25, -0.2) is 19.4 Å². The SMILES string of the molecule is C#CCOc1cc(-c2nc3c(Cl)cc(Cl)cc3c(=O)o2)n(-c2ncccc2Cl)n1. The third-order valence-corrected chi connectivity index (χ3v) is 4.60. The lowest BCUT2D eigenvalue weighted by Crippen LogP contribution is -2.07. The smallest absolute Gasteiger partial charge is 0.347 e. The molecule has 29 heavy (non-hydrogen) atoms. The number of aromatic nitrogens is 4. The maximum absolute atomic E-state index is 12.5. The Kier molecular flexibility index (Phi) is 5.16. The van der Waals surface area contributed by atoms with Crippen LogP contribution in [0, 0.1) is 12.3 Å². The van der Waals surface area contributed by atoms with Gasteiger partial charge in [0.1, 0.15) is 11.2 Å². The van der Waals surface area contributed by atoms with Crippen LogP contribution in [0.3, 0.4) is 0 Å². The van der Waals surface area contributed by atoms with Crippen molar-refractivity contribution in [3.8, 4) is 35.6 Å². The zero-order chi connectivity index (χ0) is 20.5. The molecule has 0 saturated heterocycles. The van der Waals surface area contributed by atoms with Gasteiger partial charge in [-0.3, -0.25) is 0 Å². The van der Waals surface area contributed by atoms with E-state index in [0.717, 1.165) is 0 Å². The topological polar surface area (TPSA) is 83.0 Å². The van der Waals surface area contributed by atoms with Crippen molar-refractivity contribution in [2.75, 3.05) is 6.61 Å². The van der Waals surface area contributed by atoms with Crippen molar-refractivity contribution >= 4 is 45.7 Å². The first kappa shape index (κ1) is 19.3. The zero-order valence-corrected chi connectivity index (χ0v) is 16.7. The Bertz CT molecular complexity index is 1340. The standard InChI is InChI=1S/C19H9Cl3N4O3/c1-2-6-28-15-9-14(26(25-15)17-12(21)4-3-5-23-17)18-24-16-11(19(27)29-18)7-10(20)8-13(16)22/h1,3-5,7-9H,6H2. The summed E-state index contributed by atoms with van der Waals surface area (Å²) in [6.45, 7) is -0.00811. The van der Waals surface area contributed by atoms with Crippen LogP contribution in [0.25, 0.3) is 28.3 Å². The second-order valence-corrected chi connectivity index (χ2v) is 6.92. The average molecular weight is 448 g/mol. The van der Waals surface area contributed by atoms with Crippen molar-refractivity contribution in [3.63, 3.8) is 0 Å². The van der Waals surface area contributed by atoms with E-state index in [9.17, 15) is 4.79 Å². The molecule has 0 aliphatic heterocycles. The van der Waals surface area contributed by atoms with Crippen LogP contribution in [-0.2, 0) is 0 Å². The van der Waals surface area contributed by atoms with Crippen LogP contribution in [0.15, 0.2) is 45.7 Å². The van der Waals surface area contributed by atoms with Gasteiger partial charge in [0.2, 0.25) is 11.8 Å². The van der Waals surface area contributed by atoms with Crippen molar-refractivity contribution in [1.29, 1.82) is 0 Å². The Morgan fingerprint density at radius 1 is 1.21 bits per heavy atom. The summed E-state index contributed by atoms with van der Waals surface area (Å²) in [6.07, 6.45) is 6.78. The molecular formula is C19H9Cl3N4O3. The highest BCUT2D eigenvalue weighted by Crippen LogP contribution is 2.30. The second-order valence-electron chi connectivity index (χ2n) is 5.67. The Morgan fingerprint density at radius 3 is 2.79 bits per heavy atom. The van der Waals surface area contributed by atoms with Gasteiger partial charge in [-0.15, -0.1) is 11.5 Å². The minimum atomic E-state index is -0.666. The van der Waals surface area contributed by atoms with Gasteiger partial charge in [0, 0.05) is 17.3 Å². The van der Waals surface area contributed by atoms with E-state index >= 15 is 0 Å². The molecule has 144 valence electrons. The van der Waals surface area contributed by atoms with Crippen molar-refractivity contribution in [2.45, 2.75) is 0 Å². The van der Waals surface area contributed by atoms with Crippen LogP contribution in [0.5, 0.6) is 5.88 Å². The van der Waals surface area contributed by atoms with E-state index in [4.69, 9.17) is 50.4 Å². The van der Waals surface area contributed by atoms with Crippen LogP contribution in [0.2, 0.25) is 15.1 Å². The number of fused-ring (bicyclic) bond motifs is 1. The highest BCUT2D eigenvalue weighted by molar-refractivity contribution is 6.38. The molecule has 0 saturated carbocycles. The molecule has 0 fully saturated rings. The lowest BCUT2D eigenvalue weighted by Gasteiger charge is -2.07. The van der Waals surface area contributed by atoms with Gasteiger partial charge >= 0.3 is 5.63 Å². The molecular weight excluding hydrogens is 439 g/mol. The van der Waals surface area contributed by atoms with Gasteiger partial charge in [0.15, 0.2) is 12.4 Å². The Morgan fingerprint density at radius 2 is 2.03 bits per heavy atom. The second kappa shape index (κ2) is 7.76. The third kappa shape index (κ3) is 3.66. The van der Waals surface area contributed by atoms with Gasteiger partial charge < -0.3 is 9.15 Å². The van der Waals surface area contributed by atoms with Crippen molar-refractivity contribution < 1.29 is 9.15 Å². The monoisotopic (exact) mass is 446 g/mol. The Labute approximate surface area is 178 Å². The molecule has 0 bridgehead atoms. The fraction of sp³-hybridized carbons (Fsp3) is 0.0526. The third-order valence-electron chi connectivity index (χ3n) is 3.80. The predicted molar refractivity (Wildman–Crippen MR) is 110 cm³/mol. The predicted octanol–water partition coefficient (Wildman–Crippen LogP) is 4.41. The number of halogens is 3. The zero-order valence-electron chi connectivity index (χ0n) is 14.4. The van der Waals surface area contributed by atoms with Gasteiger partial charge in [-0.1, -0.05) is 40.7 Å². The van der Waals surface area contributed by atoms with E-state index in [1.165, 1.54) is 29.1 Å². The normalized spacial score (nSPS) is 10.8. The van der Waals surface area contributed by atoms with Gasteiger partial charge in [0.25, 0.3) is 0 Å². The number of hydrogen-bond donors (Lipinski definition) is 0. The summed E-state index contributed by atoms with van der Waals surface area (Å²) in [7, 11) is 0. The minimum Gasteiger partial charge on any atom is -0.463 e. The summed E-state index contributed by atoms with van der Waals surface area (Å²) in [5, 5.41) is 5.25. The summed E-state index contributed by atoms with van der Waals surface area (Å²) in [6, 6.07) is 7.72. The molecule has 4 aromatic rings. The van der Waals surface area contributed by atoms with Crippen molar-refractivity contribution in [2.24, 2.45) is 0 Å². The van der Waals surface area contributed by atoms with Crippen LogP contribution in [0.1, 0.15) is 0 Å². The van der Waals surface area contributed by atoms with Crippen LogP contribution in [0.4, 0.5) is 0 Å². The van der Waals surface area contributed by atoms with E-state index in [-0.39, 0.29) is 45.8 Å². The molecule has 0 radical (unpaired) electrons. The number of rotatable bonds is 4. The number of nitrogens with zero attached hydrogens (tertiary/aromatic N) is 4. The Balaban J connectivity index is 1.97. The number of terminal acetylenes is 1. The van der Waals surface area contributed by atoms with Crippen LogP contribution >= 0.6 is 34.8 Å². The fourth-order valence-corrected chi connectivity index (χ4v) is 3.34. The summed E-state index contributed by atoms with van der Waals surface area (Å²) >= 11 is 18.4. The number of pyridine rings is 1. The highest BCUT2D eigenvalue weighted by atomic mass is 35.5. The summed E-state index contributed by atoms with van der Waals surface area (Å²) in [5.41, 5.74) is -0.170. The van der Waals surface area contributed by atoms with Gasteiger partial charge in [-0.2, -0.15) is 0 Å². The largest absolute Gasteiger partial charge is 0.463 e. The van der Waals surface area contributed by atoms with Crippen LogP contribution < -0.4 is 10.4 Å². The van der Waals surface area contributed by atoms with E-state index in [1.807, 2.05) is 0 Å². The highest BCUT2D eigenvalue weighted by Gasteiger charge is 2.21. The minimum absolute atomic E-state index is 0.00811. The van der Waals surface area contributed by atoms with E-state index < -0.39 is 5.63 Å². The first-order chi connectivity index (χ1) is 14.0. The average Bonchev–Trinajstić information content (AvgIpc) is 3.11. The molecule has 0 unspecified atom stereocenters. The van der Waals surface area contributed by atoms with Crippen molar-refractivity contribution in [3.05, 3.63) is 62.0 Å². The summed E-state index contributed by atoms with van der Waals surface area (Å²) in [5.74, 6) is 2.75. The lowest BCUT2D eigenvalue weighted by atomic mass is 10.2. The molecule has 0 N–H and O–H groups in total. The van der Waals surface area contributed by atoms with Gasteiger partial charge in [-0.05, 0) is 24.3 Å². The summed E-state index contributed by atoms with van der Waals surface area (Å²) in [4.78, 5) is 21.1. The molecule has 3 heterocycles. The van der Waals surface area contributed by atoms with Crippen molar-refractivity contribution in [1.82, 2.24) is 19.7 Å². The molecule has 0 atom stereocenters. The fourth-order valence-electron chi connectivity index (χ4n) is 2.60. The molecule has 0 aliphatic rings. The summed E-state index contributed by atoms with van der Waals surface area (Å²) < 4.78 is 12.1. The van der Waals surface area contributed by atoms with E-state index in [0.29, 0.717) is 10.0 Å². The molecule has 7 nitrogen and oxygen atoms in total. The Hall–Kier alpha value is -3.05. The molecule has 0 aliphatic carbocycles. The molecule has 10 heteroatoms. The van der Waals surface area contributed by atoms with E-state index in [1.54, 1.807) is 12.1 Å². The number of ether oxygens (including phenoxy) is 1. The quantitative estimate of drug-likeness (QED) is 0.431. The maximum atomic E-state index is 12.5. The molecule has 1 aromatic carbocycles. The van der Waals surface area contributed by atoms with Gasteiger partial charge in [0.05, 0.1) is 15.4 Å². The maximum Gasteiger partial charge on any atom is 0.347 e. The molecule has 0 amide bonds.